The smallest absolute Gasteiger partial charge is 0.326 e. The van der Waals surface area contributed by atoms with Crippen LogP contribution < -0.4 is 4.74 Å². The normalized spacial score (nSPS) is 11.5. The van der Waals surface area contributed by atoms with Crippen LogP contribution in [0, 0.1) is 6.92 Å². The Morgan fingerprint density at radius 3 is 2.29 bits per heavy atom. The molecule has 7 nitrogen and oxygen atoms in total. The zero-order valence-electron chi connectivity index (χ0n) is 19.5. The number of esters is 1. The SMILES string of the molecule is CCOc1ccc(-c2nc(C)c(C(=O)N(CCN(C)C)CC(=O)OC(C)(C)C)s2)cc1. The highest BCUT2D eigenvalue weighted by molar-refractivity contribution is 7.17. The number of thiazole rings is 1. The standard InChI is InChI=1S/C23H33N3O4S/c1-8-29-18-11-9-17(10-12-18)21-24-16(2)20(31-21)22(28)26(14-13-25(6)7)15-19(27)30-23(3,4)5/h9-12H,8,13-15H2,1-7H3. The molecule has 31 heavy (non-hydrogen) atoms. The van der Waals surface area contributed by atoms with Gasteiger partial charge >= 0.3 is 5.97 Å². The maximum absolute atomic E-state index is 13.3. The van der Waals surface area contributed by atoms with Crippen molar-refractivity contribution in [2.24, 2.45) is 0 Å². The van der Waals surface area contributed by atoms with Crippen LogP contribution in [-0.2, 0) is 9.53 Å². The minimum Gasteiger partial charge on any atom is -0.494 e. The summed E-state index contributed by atoms with van der Waals surface area (Å²) in [5, 5.41) is 0.758. The highest BCUT2D eigenvalue weighted by Gasteiger charge is 2.26. The Labute approximate surface area is 189 Å². The number of hydrogen-bond acceptors (Lipinski definition) is 7. The van der Waals surface area contributed by atoms with E-state index in [1.807, 2.05) is 77.9 Å². The lowest BCUT2D eigenvalue weighted by Crippen LogP contribution is -2.42. The van der Waals surface area contributed by atoms with Crippen molar-refractivity contribution in [2.75, 3.05) is 40.3 Å². The summed E-state index contributed by atoms with van der Waals surface area (Å²) in [7, 11) is 3.86. The molecule has 0 aliphatic heterocycles. The van der Waals surface area contributed by atoms with Gasteiger partial charge in [-0.15, -0.1) is 11.3 Å². The van der Waals surface area contributed by atoms with Crippen LogP contribution in [0.2, 0.25) is 0 Å². The van der Waals surface area contributed by atoms with Gasteiger partial charge in [0.2, 0.25) is 0 Å². The minimum atomic E-state index is -0.603. The topological polar surface area (TPSA) is 72.0 Å². The second-order valence-electron chi connectivity index (χ2n) is 8.51. The van der Waals surface area contributed by atoms with E-state index in [-0.39, 0.29) is 12.5 Å². The number of carbonyl (C=O) groups is 2. The minimum absolute atomic E-state index is 0.0975. The molecule has 0 fully saturated rings. The summed E-state index contributed by atoms with van der Waals surface area (Å²) in [6, 6.07) is 7.65. The number of ether oxygens (including phenoxy) is 2. The third-order valence-corrected chi connectivity index (χ3v) is 5.44. The van der Waals surface area contributed by atoms with Gasteiger partial charge in [0, 0.05) is 18.7 Å². The Balaban J connectivity index is 2.23. The summed E-state index contributed by atoms with van der Waals surface area (Å²) in [6.07, 6.45) is 0. The highest BCUT2D eigenvalue weighted by atomic mass is 32.1. The summed E-state index contributed by atoms with van der Waals surface area (Å²) in [5.74, 6) is 0.163. The Bertz CT molecular complexity index is 885. The number of hydrogen-bond donors (Lipinski definition) is 0. The van der Waals surface area contributed by atoms with E-state index in [4.69, 9.17) is 9.47 Å². The largest absolute Gasteiger partial charge is 0.494 e. The van der Waals surface area contributed by atoms with Crippen molar-refractivity contribution in [3.05, 3.63) is 34.8 Å². The van der Waals surface area contributed by atoms with Crippen LogP contribution in [-0.4, -0.2) is 72.6 Å². The van der Waals surface area contributed by atoms with Crippen molar-refractivity contribution in [2.45, 2.75) is 40.2 Å². The summed E-state index contributed by atoms with van der Waals surface area (Å²) in [5.41, 5.74) is 0.967. The lowest BCUT2D eigenvalue weighted by Gasteiger charge is -2.26. The van der Waals surface area contributed by atoms with Crippen molar-refractivity contribution in [1.29, 1.82) is 0 Å². The zero-order valence-corrected chi connectivity index (χ0v) is 20.3. The number of amides is 1. The van der Waals surface area contributed by atoms with E-state index >= 15 is 0 Å². The number of nitrogens with zero attached hydrogens (tertiary/aromatic N) is 3. The Morgan fingerprint density at radius 1 is 1.10 bits per heavy atom. The van der Waals surface area contributed by atoms with E-state index in [9.17, 15) is 9.59 Å². The molecule has 0 saturated heterocycles. The first kappa shape index (κ1) is 24.8. The lowest BCUT2D eigenvalue weighted by atomic mass is 10.2. The molecule has 170 valence electrons. The molecule has 0 unspecified atom stereocenters. The number of aromatic nitrogens is 1. The number of aryl methyl sites for hydroxylation is 1. The fourth-order valence-corrected chi connectivity index (χ4v) is 3.86. The fourth-order valence-electron chi connectivity index (χ4n) is 2.83. The number of benzene rings is 1. The van der Waals surface area contributed by atoms with Crippen LogP contribution >= 0.6 is 11.3 Å². The van der Waals surface area contributed by atoms with Crippen molar-refractivity contribution < 1.29 is 19.1 Å². The fraction of sp³-hybridized carbons (Fsp3) is 0.522. The summed E-state index contributed by atoms with van der Waals surface area (Å²) >= 11 is 1.33. The Hall–Kier alpha value is -2.45. The molecule has 0 aliphatic rings. The van der Waals surface area contributed by atoms with E-state index in [2.05, 4.69) is 4.98 Å². The predicted octanol–water partition coefficient (Wildman–Crippen LogP) is 3.86. The molecule has 2 rings (SSSR count). The highest BCUT2D eigenvalue weighted by Crippen LogP contribution is 2.30. The molecule has 1 heterocycles. The zero-order chi connectivity index (χ0) is 23.2. The van der Waals surface area contributed by atoms with Gasteiger partial charge in [-0.25, -0.2) is 4.98 Å². The van der Waals surface area contributed by atoms with Gasteiger partial charge in [0.25, 0.3) is 5.91 Å². The monoisotopic (exact) mass is 447 g/mol. The van der Waals surface area contributed by atoms with Crippen LogP contribution in [0.1, 0.15) is 43.1 Å². The second-order valence-corrected chi connectivity index (χ2v) is 9.51. The van der Waals surface area contributed by atoms with Gasteiger partial charge in [0.1, 0.15) is 27.8 Å². The van der Waals surface area contributed by atoms with E-state index < -0.39 is 11.6 Å². The van der Waals surface area contributed by atoms with Crippen molar-refractivity contribution in [3.63, 3.8) is 0 Å². The molecule has 0 spiro atoms. The molecule has 0 N–H and O–H groups in total. The van der Waals surface area contributed by atoms with Gasteiger partial charge in [-0.1, -0.05) is 0 Å². The quantitative estimate of drug-likeness (QED) is 0.544. The molecule has 0 bridgehead atoms. The summed E-state index contributed by atoms with van der Waals surface area (Å²) in [6.45, 7) is 10.8. The third kappa shape index (κ3) is 7.63. The van der Waals surface area contributed by atoms with Crippen molar-refractivity contribution >= 4 is 23.2 Å². The van der Waals surface area contributed by atoms with Crippen LogP contribution in [0.5, 0.6) is 5.75 Å². The van der Waals surface area contributed by atoms with E-state index in [0.717, 1.165) is 16.3 Å². The third-order valence-electron chi connectivity index (χ3n) is 4.25. The summed E-state index contributed by atoms with van der Waals surface area (Å²) in [4.78, 5) is 34.3. The molecular formula is C23H33N3O4S. The number of likely N-dealkylation sites (N-methyl/N-ethyl adjacent to an activating group) is 1. The Morgan fingerprint density at radius 2 is 1.74 bits per heavy atom. The van der Waals surface area contributed by atoms with Crippen LogP contribution in [0.25, 0.3) is 10.6 Å². The first-order valence-corrected chi connectivity index (χ1v) is 11.2. The maximum Gasteiger partial charge on any atom is 0.326 e. The maximum atomic E-state index is 13.3. The van der Waals surface area contributed by atoms with E-state index in [1.54, 1.807) is 0 Å². The molecule has 1 aromatic carbocycles. The molecule has 0 atom stereocenters. The van der Waals surface area contributed by atoms with E-state index in [1.165, 1.54) is 16.2 Å². The first-order valence-electron chi connectivity index (χ1n) is 10.4. The molecule has 1 amide bonds. The van der Waals surface area contributed by atoms with Gasteiger partial charge in [-0.2, -0.15) is 0 Å². The predicted molar refractivity (Wildman–Crippen MR) is 124 cm³/mol. The van der Waals surface area contributed by atoms with Gasteiger partial charge in [0.05, 0.1) is 12.3 Å². The van der Waals surface area contributed by atoms with Crippen LogP contribution in [0.15, 0.2) is 24.3 Å². The molecule has 0 aliphatic carbocycles. The molecule has 2 aromatic rings. The van der Waals surface area contributed by atoms with Gasteiger partial charge < -0.3 is 19.3 Å². The van der Waals surface area contributed by atoms with Gasteiger partial charge in [0.15, 0.2) is 0 Å². The Kier molecular flexibility index (Phi) is 8.59. The van der Waals surface area contributed by atoms with Crippen molar-refractivity contribution in [3.8, 4) is 16.3 Å². The van der Waals surface area contributed by atoms with Crippen LogP contribution in [0.3, 0.4) is 0 Å². The van der Waals surface area contributed by atoms with Gasteiger partial charge in [-0.3, -0.25) is 9.59 Å². The summed E-state index contributed by atoms with van der Waals surface area (Å²) < 4.78 is 10.9. The van der Waals surface area contributed by atoms with Crippen molar-refractivity contribution in [1.82, 2.24) is 14.8 Å². The van der Waals surface area contributed by atoms with Gasteiger partial charge in [-0.05, 0) is 73.0 Å². The van der Waals surface area contributed by atoms with E-state index in [0.29, 0.717) is 30.3 Å². The average Bonchev–Trinajstić information content (AvgIpc) is 3.05. The van der Waals surface area contributed by atoms with Crippen LogP contribution in [0.4, 0.5) is 0 Å². The molecular weight excluding hydrogens is 414 g/mol. The molecule has 8 heteroatoms. The second kappa shape index (κ2) is 10.7. The number of rotatable bonds is 9. The molecule has 0 radical (unpaired) electrons. The average molecular weight is 448 g/mol. The number of carbonyl (C=O) groups excluding carboxylic acids is 2. The first-order chi connectivity index (χ1) is 14.5. The lowest BCUT2D eigenvalue weighted by molar-refractivity contribution is -0.155. The molecule has 0 saturated carbocycles. The molecule has 1 aromatic heterocycles.